The van der Waals surface area contributed by atoms with Crippen molar-refractivity contribution in [2.24, 2.45) is 0 Å². The zero-order valence-corrected chi connectivity index (χ0v) is 11.4. The van der Waals surface area contributed by atoms with Crippen molar-refractivity contribution < 1.29 is 4.39 Å². The van der Waals surface area contributed by atoms with Crippen molar-refractivity contribution in [2.75, 3.05) is 24.2 Å². The van der Waals surface area contributed by atoms with Gasteiger partial charge >= 0.3 is 0 Å². The van der Waals surface area contributed by atoms with E-state index in [4.69, 9.17) is 5.73 Å². The first kappa shape index (κ1) is 13.4. The lowest BCUT2D eigenvalue weighted by Gasteiger charge is -2.21. The van der Waals surface area contributed by atoms with Crippen LogP contribution in [-0.2, 0) is 6.42 Å². The molecule has 0 heterocycles. The monoisotopic (exact) mass is 258 g/mol. The Labute approximate surface area is 113 Å². The second-order valence-electron chi connectivity index (χ2n) is 4.86. The van der Waals surface area contributed by atoms with Gasteiger partial charge in [-0.1, -0.05) is 18.2 Å². The van der Waals surface area contributed by atoms with Crippen LogP contribution in [0.3, 0.4) is 0 Å². The molecule has 0 aliphatic carbocycles. The normalized spacial score (nSPS) is 10.5. The van der Waals surface area contributed by atoms with Gasteiger partial charge in [-0.2, -0.15) is 0 Å². The Hall–Kier alpha value is -2.03. The third-order valence-electron chi connectivity index (χ3n) is 3.24. The fraction of sp³-hybridized carbons (Fsp3) is 0.250. The fourth-order valence-corrected chi connectivity index (χ4v) is 2.09. The number of benzene rings is 2. The summed E-state index contributed by atoms with van der Waals surface area (Å²) in [5, 5.41) is 0. The number of rotatable bonds is 4. The maximum atomic E-state index is 12.8. The topological polar surface area (TPSA) is 29.3 Å². The van der Waals surface area contributed by atoms with Gasteiger partial charge in [-0.05, 0) is 48.7 Å². The molecule has 2 nitrogen and oxygen atoms in total. The minimum atomic E-state index is -0.195. The van der Waals surface area contributed by atoms with Gasteiger partial charge < -0.3 is 10.6 Å². The Morgan fingerprint density at radius 2 is 1.79 bits per heavy atom. The van der Waals surface area contributed by atoms with Crippen LogP contribution in [0.1, 0.15) is 11.1 Å². The van der Waals surface area contributed by atoms with E-state index in [0.29, 0.717) is 0 Å². The molecule has 2 aromatic rings. The minimum Gasteiger partial charge on any atom is -0.397 e. The summed E-state index contributed by atoms with van der Waals surface area (Å²) in [4.78, 5) is 2.12. The quantitative estimate of drug-likeness (QED) is 0.852. The van der Waals surface area contributed by atoms with Gasteiger partial charge in [-0.25, -0.2) is 4.39 Å². The average molecular weight is 258 g/mol. The highest BCUT2D eigenvalue weighted by molar-refractivity contribution is 5.68. The summed E-state index contributed by atoms with van der Waals surface area (Å²) in [5.74, 6) is -0.195. The van der Waals surface area contributed by atoms with Crippen LogP contribution in [0, 0.1) is 12.7 Å². The third kappa shape index (κ3) is 3.47. The maximum absolute atomic E-state index is 12.8. The van der Waals surface area contributed by atoms with Gasteiger partial charge in [0.25, 0.3) is 0 Å². The van der Waals surface area contributed by atoms with Gasteiger partial charge in [0, 0.05) is 13.6 Å². The highest BCUT2D eigenvalue weighted by Crippen LogP contribution is 2.23. The molecule has 2 rings (SSSR count). The van der Waals surface area contributed by atoms with Crippen LogP contribution in [0.4, 0.5) is 15.8 Å². The van der Waals surface area contributed by atoms with E-state index in [0.717, 1.165) is 35.5 Å². The van der Waals surface area contributed by atoms with Crippen molar-refractivity contribution in [3.05, 3.63) is 59.4 Å². The smallest absolute Gasteiger partial charge is 0.123 e. The molecular weight excluding hydrogens is 239 g/mol. The first-order valence-electron chi connectivity index (χ1n) is 6.38. The van der Waals surface area contributed by atoms with Crippen molar-refractivity contribution in [1.29, 1.82) is 0 Å². The number of nitrogens with two attached hydrogens (primary N) is 1. The first-order chi connectivity index (χ1) is 9.06. The summed E-state index contributed by atoms with van der Waals surface area (Å²) in [5.41, 5.74) is 10.1. The molecule has 0 saturated heterocycles. The van der Waals surface area contributed by atoms with E-state index in [1.54, 1.807) is 0 Å². The molecule has 2 aromatic carbocycles. The van der Waals surface area contributed by atoms with Crippen molar-refractivity contribution >= 4 is 11.4 Å². The number of likely N-dealkylation sites (N-methyl/N-ethyl adjacent to an activating group) is 1. The first-order valence-corrected chi connectivity index (χ1v) is 6.38. The lowest BCUT2D eigenvalue weighted by Crippen LogP contribution is -2.21. The number of aryl methyl sites for hydroxylation is 1. The van der Waals surface area contributed by atoms with Gasteiger partial charge in [0.2, 0.25) is 0 Å². The van der Waals surface area contributed by atoms with E-state index in [9.17, 15) is 4.39 Å². The Balaban J connectivity index is 2.01. The highest BCUT2D eigenvalue weighted by Gasteiger charge is 2.05. The highest BCUT2D eigenvalue weighted by atomic mass is 19.1. The van der Waals surface area contributed by atoms with Crippen LogP contribution in [-0.4, -0.2) is 13.6 Å². The standard InChI is InChI=1S/C16H19FN2/c1-12-3-8-16(15(18)11-12)19(2)10-9-13-4-6-14(17)7-5-13/h3-8,11H,9-10,18H2,1-2H3. The van der Waals surface area contributed by atoms with E-state index in [1.165, 1.54) is 12.1 Å². The molecule has 0 saturated carbocycles. The number of hydrogen-bond acceptors (Lipinski definition) is 2. The Kier molecular flexibility index (Phi) is 4.05. The summed E-state index contributed by atoms with van der Waals surface area (Å²) in [6.07, 6.45) is 0.865. The van der Waals surface area contributed by atoms with Crippen LogP contribution >= 0.6 is 0 Å². The summed E-state index contributed by atoms with van der Waals surface area (Å²) >= 11 is 0. The van der Waals surface area contributed by atoms with E-state index >= 15 is 0 Å². The summed E-state index contributed by atoms with van der Waals surface area (Å²) in [7, 11) is 2.02. The third-order valence-corrected chi connectivity index (χ3v) is 3.24. The molecule has 0 aromatic heterocycles. The molecule has 3 heteroatoms. The molecule has 0 atom stereocenters. The average Bonchev–Trinajstić information content (AvgIpc) is 2.37. The number of hydrogen-bond donors (Lipinski definition) is 1. The van der Waals surface area contributed by atoms with E-state index < -0.39 is 0 Å². The maximum Gasteiger partial charge on any atom is 0.123 e. The SMILES string of the molecule is Cc1ccc(N(C)CCc2ccc(F)cc2)c(N)c1. The lowest BCUT2D eigenvalue weighted by molar-refractivity contribution is 0.627. The Morgan fingerprint density at radius 3 is 2.42 bits per heavy atom. The number of nitrogen functional groups attached to an aromatic ring is 1. The molecule has 2 N–H and O–H groups in total. The van der Waals surface area contributed by atoms with Gasteiger partial charge in [0.15, 0.2) is 0 Å². The lowest BCUT2D eigenvalue weighted by atomic mass is 10.1. The van der Waals surface area contributed by atoms with Gasteiger partial charge in [0.05, 0.1) is 11.4 Å². The Morgan fingerprint density at radius 1 is 1.11 bits per heavy atom. The molecule has 0 radical (unpaired) electrons. The second-order valence-corrected chi connectivity index (χ2v) is 4.86. The number of halogens is 1. The van der Waals surface area contributed by atoms with Gasteiger partial charge in [-0.3, -0.25) is 0 Å². The molecule has 0 spiro atoms. The summed E-state index contributed by atoms with van der Waals surface area (Å²) < 4.78 is 12.8. The Bertz CT molecular complexity index is 549. The zero-order chi connectivity index (χ0) is 13.8. The fourth-order valence-electron chi connectivity index (χ4n) is 2.09. The van der Waals surface area contributed by atoms with E-state index in [-0.39, 0.29) is 5.82 Å². The molecule has 19 heavy (non-hydrogen) atoms. The van der Waals surface area contributed by atoms with Gasteiger partial charge in [-0.15, -0.1) is 0 Å². The number of nitrogens with zero attached hydrogens (tertiary/aromatic N) is 1. The molecule has 0 amide bonds. The minimum absolute atomic E-state index is 0.195. The number of anilines is 2. The molecular formula is C16H19FN2. The van der Waals surface area contributed by atoms with Crippen LogP contribution < -0.4 is 10.6 Å². The molecule has 100 valence electrons. The predicted octanol–water partition coefficient (Wildman–Crippen LogP) is 3.40. The predicted molar refractivity (Wildman–Crippen MR) is 79.0 cm³/mol. The largest absolute Gasteiger partial charge is 0.397 e. The van der Waals surface area contributed by atoms with E-state index in [1.807, 2.05) is 38.2 Å². The molecule has 0 bridgehead atoms. The molecule has 0 fully saturated rings. The van der Waals surface area contributed by atoms with Crippen molar-refractivity contribution in [3.8, 4) is 0 Å². The second kappa shape index (κ2) is 5.74. The molecule has 0 aliphatic heterocycles. The summed E-state index contributed by atoms with van der Waals surface area (Å²) in [6.45, 7) is 2.87. The van der Waals surface area contributed by atoms with Crippen LogP contribution in [0.5, 0.6) is 0 Å². The van der Waals surface area contributed by atoms with E-state index in [2.05, 4.69) is 11.0 Å². The van der Waals surface area contributed by atoms with Crippen LogP contribution in [0.25, 0.3) is 0 Å². The van der Waals surface area contributed by atoms with Crippen molar-refractivity contribution in [3.63, 3.8) is 0 Å². The molecule has 0 unspecified atom stereocenters. The molecule has 0 aliphatic rings. The van der Waals surface area contributed by atoms with Gasteiger partial charge in [0.1, 0.15) is 5.82 Å². The van der Waals surface area contributed by atoms with Crippen LogP contribution in [0.2, 0.25) is 0 Å². The van der Waals surface area contributed by atoms with Crippen molar-refractivity contribution in [2.45, 2.75) is 13.3 Å². The summed E-state index contributed by atoms with van der Waals surface area (Å²) in [6, 6.07) is 12.7. The van der Waals surface area contributed by atoms with Crippen LogP contribution in [0.15, 0.2) is 42.5 Å². The zero-order valence-electron chi connectivity index (χ0n) is 11.4. The van der Waals surface area contributed by atoms with Crippen molar-refractivity contribution in [1.82, 2.24) is 0 Å².